The second kappa shape index (κ2) is 6.36. The number of hydrogen-bond donors (Lipinski definition) is 2. The van der Waals surface area contributed by atoms with E-state index < -0.39 is 11.9 Å². The van der Waals surface area contributed by atoms with Gasteiger partial charge in [0.15, 0.2) is 0 Å². The predicted molar refractivity (Wildman–Crippen MR) is 74.0 cm³/mol. The molecule has 0 saturated carbocycles. The van der Waals surface area contributed by atoms with Crippen LogP contribution in [-0.2, 0) is 4.79 Å². The van der Waals surface area contributed by atoms with Gasteiger partial charge in [-0.05, 0) is 26.7 Å². The molecule has 1 aromatic rings. The molecule has 3 N–H and O–H groups in total. The number of ether oxygens (including phenoxy) is 1. The lowest BCUT2D eigenvalue weighted by Gasteiger charge is -2.19. The van der Waals surface area contributed by atoms with Gasteiger partial charge in [0.1, 0.15) is 6.04 Å². The molecule has 0 aliphatic heterocycles. The Hall–Kier alpha value is -1.85. The molecule has 6 heteroatoms. The Labute approximate surface area is 113 Å². The minimum absolute atomic E-state index is 0.0270. The Morgan fingerprint density at radius 3 is 2.42 bits per heavy atom. The maximum absolute atomic E-state index is 11.4. The van der Waals surface area contributed by atoms with Gasteiger partial charge in [-0.25, -0.2) is 4.98 Å². The number of primary amides is 1. The van der Waals surface area contributed by atoms with Crippen molar-refractivity contribution in [3.8, 4) is 5.88 Å². The van der Waals surface area contributed by atoms with Crippen LogP contribution in [-0.4, -0.2) is 28.0 Å². The normalized spacial score (nSPS) is 12.6. The van der Waals surface area contributed by atoms with E-state index >= 15 is 0 Å². The van der Waals surface area contributed by atoms with Gasteiger partial charge in [-0.15, -0.1) is 0 Å². The lowest BCUT2D eigenvalue weighted by Crippen LogP contribution is -2.40. The van der Waals surface area contributed by atoms with Crippen LogP contribution < -0.4 is 15.8 Å². The average Bonchev–Trinajstić information content (AvgIpc) is 2.23. The molecule has 0 fully saturated rings. The largest absolute Gasteiger partial charge is 0.475 e. The topological polar surface area (TPSA) is 90.1 Å². The Kier molecular flexibility index (Phi) is 5.09. The molecule has 1 amide bonds. The summed E-state index contributed by atoms with van der Waals surface area (Å²) in [6.07, 6.45) is 0.0270. The fraction of sp³-hybridized carbons (Fsp3) is 0.615. The van der Waals surface area contributed by atoms with E-state index in [0.717, 1.165) is 5.69 Å². The molecule has 0 aliphatic carbocycles. The molecule has 1 heterocycles. The lowest BCUT2D eigenvalue weighted by molar-refractivity contribution is -0.119. The maximum Gasteiger partial charge on any atom is 0.240 e. The fourth-order valence-corrected chi connectivity index (χ4v) is 1.61. The summed E-state index contributed by atoms with van der Waals surface area (Å²) in [5.41, 5.74) is 6.12. The number of amides is 1. The van der Waals surface area contributed by atoms with Crippen molar-refractivity contribution in [2.75, 3.05) is 5.32 Å². The summed E-state index contributed by atoms with van der Waals surface area (Å²) in [7, 11) is 0. The number of nitrogens with two attached hydrogens (primary N) is 1. The quantitative estimate of drug-likeness (QED) is 0.814. The summed E-state index contributed by atoms with van der Waals surface area (Å²) in [5.74, 6) is 0.465. The van der Waals surface area contributed by atoms with Crippen molar-refractivity contribution >= 4 is 11.9 Å². The van der Waals surface area contributed by atoms with Crippen LogP contribution in [0, 0.1) is 12.8 Å². The van der Waals surface area contributed by atoms with E-state index in [4.69, 9.17) is 10.5 Å². The molecule has 0 saturated heterocycles. The molecular formula is C13H22N4O2. The van der Waals surface area contributed by atoms with E-state index in [2.05, 4.69) is 15.3 Å². The van der Waals surface area contributed by atoms with Crippen molar-refractivity contribution in [1.29, 1.82) is 0 Å². The third kappa shape index (κ3) is 4.73. The van der Waals surface area contributed by atoms with E-state index in [-0.39, 0.29) is 12.0 Å². The number of anilines is 1. The van der Waals surface area contributed by atoms with Crippen molar-refractivity contribution in [3.05, 3.63) is 11.8 Å². The zero-order valence-corrected chi connectivity index (χ0v) is 12.1. The Morgan fingerprint density at radius 1 is 1.32 bits per heavy atom. The summed E-state index contributed by atoms with van der Waals surface area (Å²) >= 11 is 0. The second-order valence-electron chi connectivity index (χ2n) is 5.11. The van der Waals surface area contributed by atoms with Crippen LogP contribution in [0.15, 0.2) is 6.07 Å². The number of carbonyl (C=O) groups is 1. The molecule has 106 valence electrons. The predicted octanol–water partition coefficient (Wildman–Crippen LogP) is 1.49. The fourth-order valence-electron chi connectivity index (χ4n) is 1.61. The minimum Gasteiger partial charge on any atom is -0.475 e. The first-order valence-corrected chi connectivity index (χ1v) is 6.37. The molecule has 0 bridgehead atoms. The first-order chi connectivity index (χ1) is 8.79. The van der Waals surface area contributed by atoms with E-state index in [9.17, 15) is 4.79 Å². The molecule has 19 heavy (non-hydrogen) atoms. The van der Waals surface area contributed by atoms with Crippen LogP contribution in [0.1, 0.15) is 33.4 Å². The highest BCUT2D eigenvalue weighted by molar-refractivity contribution is 5.82. The lowest BCUT2D eigenvalue weighted by atomic mass is 10.0. The van der Waals surface area contributed by atoms with Crippen molar-refractivity contribution in [3.63, 3.8) is 0 Å². The Bertz CT molecular complexity index is 446. The van der Waals surface area contributed by atoms with Gasteiger partial charge in [0.2, 0.25) is 17.7 Å². The van der Waals surface area contributed by atoms with Gasteiger partial charge in [0.05, 0.1) is 6.10 Å². The standard InChI is InChI=1S/C13H22N4O2/c1-7(2)11(12(14)18)17-13-15-9(5)6-10(16-13)19-8(3)4/h6-8,11H,1-5H3,(H2,14,18)(H,15,16,17). The van der Waals surface area contributed by atoms with Gasteiger partial charge in [0.25, 0.3) is 0 Å². The monoisotopic (exact) mass is 266 g/mol. The number of nitrogens with zero attached hydrogens (tertiary/aromatic N) is 2. The number of aryl methyl sites for hydroxylation is 1. The van der Waals surface area contributed by atoms with Gasteiger partial charge >= 0.3 is 0 Å². The summed E-state index contributed by atoms with van der Waals surface area (Å²) < 4.78 is 5.53. The number of carbonyl (C=O) groups excluding carboxylic acids is 1. The highest BCUT2D eigenvalue weighted by Gasteiger charge is 2.20. The molecular weight excluding hydrogens is 244 g/mol. The highest BCUT2D eigenvalue weighted by Crippen LogP contribution is 2.15. The van der Waals surface area contributed by atoms with Crippen molar-refractivity contribution in [2.24, 2.45) is 11.7 Å². The smallest absolute Gasteiger partial charge is 0.240 e. The van der Waals surface area contributed by atoms with Crippen LogP contribution in [0.2, 0.25) is 0 Å². The molecule has 1 rings (SSSR count). The maximum atomic E-state index is 11.4. The van der Waals surface area contributed by atoms with Crippen LogP contribution in [0.4, 0.5) is 5.95 Å². The molecule has 0 spiro atoms. The molecule has 0 aliphatic rings. The third-order valence-electron chi connectivity index (χ3n) is 2.44. The Balaban J connectivity index is 2.93. The van der Waals surface area contributed by atoms with Gasteiger partial charge in [0, 0.05) is 11.8 Å². The first-order valence-electron chi connectivity index (χ1n) is 6.37. The number of rotatable bonds is 6. The number of nitrogens with one attached hydrogen (secondary N) is 1. The molecule has 6 nitrogen and oxygen atoms in total. The zero-order valence-electron chi connectivity index (χ0n) is 12.1. The second-order valence-corrected chi connectivity index (χ2v) is 5.11. The summed E-state index contributed by atoms with van der Waals surface area (Å²) in [6, 6.07) is 1.24. The van der Waals surface area contributed by atoms with Crippen molar-refractivity contribution in [1.82, 2.24) is 9.97 Å². The molecule has 0 aromatic carbocycles. The van der Waals surface area contributed by atoms with E-state index in [1.807, 2.05) is 34.6 Å². The average molecular weight is 266 g/mol. The first kappa shape index (κ1) is 15.2. The van der Waals surface area contributed by atoms with E-state index in [0.29, 0.717) is 11.8 Å². The van der Waals surface area contributed by atoms with Gasteiger partial charge in [-0.2, -0.15) is 4.98 Å². The number of hydrogen-bond acceptors (Lipinski definition) is 5. The number of aromatic nitrogens is 2. The highest BCUT2D eigenvalue weighted by atomic mass is 16.5. The van der Waals surface area contributed by atoms with Crippen molar-refractivity contribution < 1.29 is 9.53 Å². The van der Waals surface area contributed by atoms with Crippen LogP contribution >= 0.6 is 0 Å². The van der Waals surface area contributed by atoms with Crippen molar-refractivity contribution in [2.45, 2.75) is 46.8 Å². The SMILES string of the molecule is Cc1cc(OC(C)C)nc(NC(C(N)=O)C(C)C)n1. The third-order valence-corrected chi connectivity index (χ3v) is 2.44. The summed E-state index contributed by atoms with van der Waals surface area (Å²) in [4.78, 5) is 19.8. The van der Waals surface area contributed by atoms with Gasteiger partial charge in [-0.1, -0.05) is 13.8 Å². The summed E-state index contributed by atoms with van der Waals surface area (Å²) in [5, 5.41) is 2.96. The molecule has 1 atom stereocenters. The Morgan fingerprint density at radius 2 is 1.95 bits per heavy atom. The molecule has 1 aromatic heterocycles. The summed E-state index contributed by atoms with van der Waals surface area (Å²) in [6.45, 7) is 9.50. The van der Waals surface area contributed by atoms with E-state index in [1.54, 1.807) is 6.07 Å². The van der Waals surface area contributed by atoms with Crippen LogP contribution in [0.3, 0.4) is 0 Å². The molecule has 0 radical (unpaired) electrons. The minimum atomic E-state index is -0.506. The van der Waals surface area contributed by atoms with Gasteiger partial charge in [-0.3, -0.25) is 4.79 Å². The van der Waals surface area contributed by atoms with Crippen LogP contribution in [0.25, 0.3) is 0 Å². The molecule has 1 unspecified atom stereocenters. The van der Waals surface area contributed by atoms with E-state index in [1.165, 1.54) is 0 Å². The van der Waals surface area contributed by atoms with Gasteiger partial charge < -0.3 is 15.8 Å². The van der Waals surface area contributed by atoms with Crippen LogP contribution in [0.5, 0.6) is 5.88 Å². The zero-order chi connectivity index (χ0) is 14.6.